The van der Waals surface area contributed by atoms with Crippen LogP contribution in [0.15, 0.2) is 0 Å². The SMILES string of the molecule is CCCC(CN)C(C)(O)CC1CC1. The van der Waals surface area contributed by atoms with Crippen LogP contribution in [0.5, 0.6) is 0 Å². The summed E-state index contributed by atoms with van der Waals surface area (Å²) in [6, 6.07) is 0. The van der Waals surface area contributed by atoms with Gasteiger partial charge in [-0.15, -0.1) is 0 Å². The van der Waals surface area contributed by atoms with E-state index in [-0.39, 0.29) is 5.92 Å². The van der Waals surface area contributed by atoms with E-state index in [2.05, 4.69) is 6.92 Å². The van der Waals surface area contributed by atoms with Crippen molar-refractivity contribution in [3.05, 3.63) is 0 Å². The zero-order valence-corrected chi connectivity index (χ0v) is 8.92. The predicted molar refractivity (Wildman–Crippen MR) is 55.4 cm³/mol. The minimum atomic E-state index is -0.522. The van der Waals surface area contributed by atoms with Gasteiger partial charge >= 0.3 is 0 Å². The molecule has 0 aromatic heterocycles. The van der Waals surface area contributed by atoms with E-state index in [1.807, 2.05) is 6.92 Å². The first-order valence-electron chi connectivity index (χ1n) is 5.52. The maximum Gasteiger partial charge on any atom is 0.0662 e. The second kappa shape index (κ2) is 4.43. The third kappa shape index (κ3) is 3.28. The zero-order chi connectivity index (χ0) is 9.90. The molecule has 1 saturated carbocycles. The standard InChI is InChI=1S/C11H23NO/c1-3-4-10(8-12)11(2,13)7-9-5-6-9/h9-10,13H,3-8,12H2,1-2H3. The Hall–Kier alpha value is -0.0800. The van der Waals surface area contributed by atoms with Crippen LogP contribution in [0.25, 0.3) is 0 Å². The molecular formula is C11H23NO. The number of nitrogens with two attached hydrogens (primary N) is 1. The van der Waals surface area contributed by atoms with Gasteiger partial charge in [0.25, 0.3) is 0 Å². The lowest BCUT2D eigenvalue weighted by molar-refractivity contribution is -0.0138. The number of rotatable bonds is 6. The first kappa shape index (κ1) is 11.0. The van der Waals surface area contributed by atoms with Crippen LogP contribution < -0.4 is 5.73 Å². The molecule has 0 aromatic carbocycles. The fraction of sp³-hybridized carbons (Fsp3) is 1.00. The third-order valence-corrected chi connectivity index (χ3v) is 3.20. The van der Waals surface area contributed by atoms with Crippen LogP contribution in [0, 0.1) is 11.8 Å². The van der Waals surface area contributed by atoms with Crippen molar-refractivity contribution >= 4 is 0 Å². The van der Waals surface area contributed by atoms with Crippen molar-refractivity contribution in [1.82, 2.24) is 0 Å². The molecule has 0 spiro atoms. The average molecular weight is 185 g/mol. The maximum atomic E-state index is 10.2. The minimum absolute atomic E-state index is 0.290. The van der Waals surface area contributed by atoms with Crippen molar-refractivity contribution in [2.24, 2.45) is 17.6 Å². The summed E-state index contributed by atoms with van der Waals surface area (Å²) in [6.07, 6.45) is 5.73. The Morgan fingerprint density at radius 1 is 1.54 bits per heavy atom. The summed E-state index contributed by atoms with van der Waals surface area (Å²) in [7, 11) is 0. The van der Waals surface area contributed by atoms with Crippen LogP contribution in [0.2, 0.25) is 0 Å². The van der Waals surface area contributed by atoms with Crippen LogP contribution in [0.1, 0.15) is 46.0 Å². The molecule has 78 valence electrons. The van der Waals surface area contributed by atoms with Crippen LogP contribution in [0.4, 0.5) is 0 Å². The maximum absolute atomic E-state index is 10.2. The van der Waals surface area contributed by atoms with Crippen molar-refractivity contribution in [3.63, 3.8) is 0 Å². The molecule has 2 nitrogen and oxygen atoms in total. The quantitative estimate of drug-likeness (QED) is 0.664. The van der Waals surface area contributed by atoms with Gasteiger partial charge in [0.05, 0.1) is 5.60 Å². The van der Waals surface area contributed by atoms with Gasteiger partial charge in [0, 0.05) is 0 Å². The van der Waals surface area contributed by atoms with Crippen LogP contribution >= 0.6 is 0 Å². The van der Waals surface area contributed by atoms with Crippen LogP contribution in [-0.2, 0) is 0 Å². The number of hydrogen-bond donors (Lipinski definition) is 2. The Labute approximate surface area is 81.5 Å². The van der Waals surface area contributed by atoms with Crippen LogP contribution in [0.3, 0.4) is 0 Å². The zero-order valence-electron chi connectivity index (χ0n) is 8.92. The van der Waals surface area contributed by atoms with Crippen molar-refractivity contribution in [2.75, 3.05) is 6.54 Å². The summed E-state index contributed by atoms with van der Waals surface area (Å²) >= 11 is 0. The van der Waals surface area contributed by atoms with E-state index in [0.717, 1.165) is 25.2 Å². The van der Waals surface area contributed by atoms with Gasteiger partial charge in [0.1, 0.15) is 0 Å². The Bertz CT molecular complexity index is 152. The highest BCUT2D eigenvalue weighted by atomic mass is 16.3. The summed E-state index contributed by atoms with van der Waals surface area (Å²) < 4.78 is 0. The smallest absolute Gasteiger partial charge is 0.0662 e. The molecule has 3 N–H and O–H groups in total. The summed E-state index contributed by atoms with van der Waals surface area (Å²) in [5, 5.41) is 10.2. The Balaban J connectivity index is 2.41. The highest BCUT2D eigenvalue weighted by Gasteiger charge is 2.36. The average Bonchev–Trinajstić information content (AvgIpc) is 2.82. The first-order chi connectivity index (χ1) is 6.10. The fourth-order valence-electron chi connectivity index (χ4n) is 2.10. The molecule has 1 rings (SSSR count). The normalized spacial score (nSPS) is 24.0. The second-order valence-corrected chi connectivity index (χ2v) is 4.73. The molecular weight excluding hydrogens is 162 g/mol. The van der Waals surface area contributed by atoms with Gasteiger partial charge in [0.2, 0.25) is 0 Å². The topological polar surface area (TPSA) is 46.2 Å². The van der Waals surface area contributed by atoms with Crippen molar-refractivity contribution < 1.29 is 5.11 Å². The molecule has 0 bridgehead atoms. The van der Waals surface area contributed by atoms with Gasteiger partial charge in [0.15, 0.2) is 0 Å². The summed E-state index contributed by atoms with van der Waals surface area (Å²) in [5.74, 6) is 1.07. The van der Waals surface area contributed by atoms with E-state index in [1.165, 1.54) is 12.8 Å². The summed E-state index contributed by atoms with van der Waals surface area (Å²) in [6.45, 7) is 4.72. The lowest BCUT2D eigenvalue weighted by Crippen LogP contribution is -2.39. The Morgan fingerprint density at radius 2 is 2.15 bits per heavy atom. The molecule has 0 radical (unpaired) electrons. The Morgan fingerprint density at radius 3 is 2.54 bits per heavy atom. The molecule has 0 saturated heterocycles. The van der Waals surface area contributed by atoms with Gasteiger partial charge in [-0.2, -0.15) is 0 Å². The van der Waals surface area contributed by atoms with E-state index >= 15 is 0 Å². The molecule has 1 aliphatic rings. The monoisotopic (exact) mass is 185 g/mol. The van der Waals surface area contributed by atoms with Crippen molar-refractivity contribution in [1.29, 1.82) is 0 Å². The molecule has 0 aromatic rings. The highest BCUT2D eigenvalue weighted by Crippen LogP contribution is 2.39. The fourth-order valence-corrected chi connectivity index (χ4v) is 2.10. The van der Waals surface area contributed by atoms with Crippen molar-refractivity contribution in [3.8, 4) is 0 Å². The molecule has 0 heterocycles. The second-order valence-electron chi connectivity index (χ2n) is 4.73. The van der Waals surface area contributed by atoms with Gasteiger partial charge in [-0.3, -0.25) is 0 Å². The van der Waals surface area contributed by atoms with Crippen molar-refractivity contribution in [2.45, 2.75) is 51.6 Å². The molecule has 2 unspecified atom stereocenters. The van der Waals surface area contributed by atoms with Gasteiger partial charge < -0.3 is 10.8 Å². The molecule has 1 aliphatic carbocycles. The minimum Gasteiger partial charge on any atom is -0.390 e. The van der Waals surface area contributed by atoms with Crippen LogP contribution in [-0.4, -0.2) is 17.3 Å². The molecule has 0 aliphatic heterocycles. The summed E-state index contributed by atoms with van der Waals surface area (Å²) in [5.41, 5.74) is 5.16. The van der Waals surface area contributed by atoms with E-state index in [9.17, 15) is 5.11 Å². The molecule has 0 amide bonds. The lowest BCUT2D eigenvalue weighted by Gasteiger charge is -2.32. The predicted octanol–water partition coefficient (Wildman–Crippen LogP) is 1.91. The molecule has 13 heavy (non-hydrogen) atoms. The van der Waals surface area contributed by atoms with E-state index in [0.29, 0.717) is 6.54 Å². The molecule has 2 heteroatoms. The van der Waals surface area contributed by atoms with Gasteiger partial charge in [-0.05, 0) is 38.1 Å². The van der Waals surface area contributed by atoms with E-state index in [4.69, 9.17) is 5.73 Å². The highest BCUT2D eigenvalue weighted by molar-refractivity contribution is 4.89. The van der Waals surface area contributed by atoms with Gasteiger partial charge in [-0.1, -0.05) is 26.2 Å². The Kier molecular flexibility index (Phi) is 3.74. The van der Waals surface area contributed by atoms with Gasteiger partial charge in [-0.25, -0.2) is 0 Å². The molecule has 1 fully saturated rings. The lowest BCUT2D eigenvalue weighted by atomic mass is 9.82. The summed E-state index contributed by atoms with van der Waals surface area (Å²) in [4.78, 5) is 0. The first-order valence-corrected chi connectivity index (χ1v) is 5.52. The number of aliphatic hydroxyl groups is 1. The molecule has 2 atom stereocenters. The van der Waals surface area contributed by atoms with E-state index in [1.54, 1.807) is 0 Å². The van der Waals surface area contributed by atoms with E-state index < -0.39 is 5.60 Å². The third-order valence-electron chi connectivity index (χ3n) is 3.20. The largest absolute Gasteiger partial charge is 0.390 e. The number of hydrogen-bond acceptors (Lipinski definition) is 2.